The van der Waals surface area contributed by atoms with Gasteiger partial charge in [0, 0.05) is 18.7 Å². The van der Waals surface area contributed by atoms with E-state index in [-0.39, 0.29) is 22.1 Å². The van der Waals surface area contributed by atoms with Gasteiger partial charge in [-0.15, -0.1) is 0 Å². The zero-order chi connectivity index (χ0) is 15.3. The molecule has 2 atom stereocenters. The molecule has 0 saturated heterocycles. The number of thioether (sulfide) groups is 1. The Hall–Kier alpha value is -1.64. The maximum Gasteiger partial charge on any atom is 0.275 e. The molecule has 1 aromatic rings. The number of nitro groups is 1. The lowest BCUT2D eigenvalue weighted by atomic mass is 10.0. The van der Waals surface area contributed by atoms with E-state index in [1.807, 2.05) is 0 Å². The van der Waals surface area contributed by atoms with Gasteiger partial charge in [-0.1, -0.05) is 11.8 Å². The summed E-state index contributed by atoms with van der Waals surface area (Å²) in [4.78, 5) is 21.1. The van der Waals surface area contributed by atoms with Gasteiger partial charge in [-0.25, -0.2) is 0 Å². The minimum atomic E-state index is -1.47. The van der Waals surface area contributed by atoms with Crippen molar-refractivity contribution in [2.75, 3.05) is 12.9 Å². The molecule has 0 aliphatic heterocycles. The highest BCUT2D eigenvalue weighted by Crippen LogP contribution is 2.31. The number of ether oxygens (including phenoxy) is 1. The topological polar surface area (TPSA) is 110 Å². The van der Waals surface area contributed by atoms with Gasteiger partial charge in [0.25, 0.3) is 5.69 Å². The Morgan fingerprint density at radius 2 is 2.15 bits per heavy atom. The first-order chi connectivity index (χ1) is 9.36. The van der Waals surface area contributed by atoms with E-state index in [0.717, 1.165) is 11.8 Å². The molecule has 2 N–H and O–H groups in total. The Morgan fingerprint density at radius 1 is 1.50 bits per heavy atom. The van der Waals surface area contributed by atoms with Crippen molar-refractivity contribution < 1.29 is 24.7 Å². The lowest BCUT2D eigenvalue weighted by Gasteiger charge is -2.17. The van der Waals surface area contributed by atoms with Gasteiger partial charge in [-0.3, -0.25) is 14.9 Å². The van der Waals surface area contributed by atoms with Crippen molar-refractivity contribution in [2.45, 2.75) is 19.1 Å². The first kappa shape index (κ1) is 16.4. The first-order valence-electron chi connectivity index (χ1n) is 5.68. The van der Waals surface area contributed by atoms with E-state index in [2.05, 4.69) is 0 Å². The highest BCUT2D eigenvalue weighted by Gasteiger charge is 2.27. The summed E-state index contributed by atoms with van der Waals surface area (Å²) in [5.74, 6) is 0.279. The third-order valence-corrected chi connectivity index (χ3v) is 3.49. The molecule has 0 radical (unpaired) electrons. The number of rotatable bonds is 6. The standard InChI is InChI=1S/C12H15NO6S/c1-7(14)20-6-11(15)12(16)9-5-8(19-2)3-4-10(9)13(17)18/h3-5,11-12,15-16H,6H2,1-2H3. The van der Waals surface area contributed by atoms with Crippen molar-refractivity contribution in [1.29, 1.82) is 0 Å². The van der Waals surface area contributed by atoms with Crippen LogP contribution in [0.15, 0.2) is 18.2 Å². The van der Waals surface area contributed by atoms with E-state index in [1.54, 1.807) is 0 Å². The molecule has 0 aliphatic rings. The van der Waals surface area contributed by atoms with Crippen LogP contribution in [0.5, 0.6) is 5.75 Å². The number of nitro benzene ring substituents is 1. The zero-order valence-electron chi connectivity index (χ0n) is 11.0. The number of carbonyl (C=O) groups excluding carboxylic acids is 1. The second-order valence-electron chi connectivity index (χ2n) is 4.00. The average molecular weight is 301 g/mol. The quantitative estimate of drug-likeness (QED) is 0.601. The fraction of sp³-hybridized carbons (Fsp3) is 0.417. The lowest BCUT2D eigenvalue weighted by molar-refractivity contribution is -0.386. The van der Waals surface area contributed by atoms with Crippen molar-refractivity contribution >= 4 is 22.6 Å². The molecule has 0 aliphatic carbocycles. The number of nitrogens with zero attached hydrogens (tertiary/aromatic N) is 1. The van der Waals surface area contributed by atoms with Gasteiger partial charge < -0.3 is 14.9 Å². The SMILES string of the molecule is COc1ccc([N+](=O)[O-])c(C(O)C(O)CSC(C)=O)c1. The van der Waals surface area contributed by atoms with Gasteiger partial charge in [0.2, 0.25) is 0 Å². The van der Waals surface area contributed by atoms with E-state index < -0.39 is 17.1 Å². The van der Waals surface area contributed by atoms with Crippen molar-refractivity contribution in [3.05, 3.63) is 33.9 Å². The van der Waals surface area contributed by atoms with E-state index in [9.17, 15) is 25.1 Å². The van der Waals surface area contributed by atoms with Crippen LogP contribution in [0.1, 0.15) is 18.6 Å². The van der Waals surface area contributed by atoms with Crippen LogP contribution >= 0.6 is 11.8 Å². The minimum absolute atomic E-state index is 0.0500. The van der Waals surface area contributed by atoms with Crippen molar-refractivity contribution in [3.8, 4) is 5.75 Å². The molecule has 2 unspecified atom stereocenters. The number of carbonyl (C=O) groups is 1. The third kappa shape index (κ3) is 4.19. The van der Waals surface area contributed by atoms with Crippen LogP contribution in [-0.2, 0) is 4.79 Å². The summed E-state index contributed by atoms with van der Waals surface area (Å²) < 4.78 is 4.94. The van der Waals surface area contributed by atoms with Crippen LogP contribution in [0.25, 0.3) is 0 Å². The number of aliphatic hydroxyl groups excluding tert-OH is 2. The second-order valence-corrected chi connectivity index (χ2v) is 5.19. The van der Waals surface area contributed by atoms with Crippen LogP contribution in [0.3, 0.4) is 0 Å². The third-order valence-electron chi connectivity index (χ3n) is 2.57. The molecule has 7 nitrogen and oxygen atoms in total. The fourth-order valence-corrected chi connectivity index (χ4v) is 2.15. The average Bonchev–Trinajstić information content (AvgIpc) is 2.42. The number of aliphatic hydroxyl groups is 2. The Kier molecular flexibility index (Phi) is 5.93. The van der Waals surface area contributed by atoms with Crippen LogP contribution < -0.4 is 4.74 Å². The highest BCUT2D eigenvalue weighted by atomic mass is 32.2. The summed E-state index contributed by atoms with van der Waals surface area (Å²) in [6, 6.07) is 3.89. The fourth-order valence-electron chi connectivity index (χ4n) is 1.56. The van der Waals surface area contributed by atoms with Gasteiger partial charge >= 0.3 is 0 Å². The second kappa shape index (κ2) is 7.22. The molecule has 0 heterocycles. The summed E-state index contributed by atoms with van der Waals surface area (Å²) in [6.45, 7) is 1.33. The molecule has 8 heteroatoms. The van der Waals surface area contributed by atoms with Gasteiger partial charge in [-0.2, -0.15) is 0 Å². The largest absolute Gasteiger partial charge is 0.497 e. The first-order valence-corrected chi connectivity index (χ1v) is 6.67. The number of methoxy groups -OCH3 is 1. The molecule has 0 bridgehead atoms. The predicted octanol–water partition coefficient (Wildman–Crippen LogP) is 1.28. The molecular weight excluding hydrogens is 286 g/mol. The highest BCUT2D eigenvalue weighted by molar-refractivity contribution is 8.13. The molecule has 0 aromatic heterocycles. The maximum atomic E-state index is 10.9. The summed E-state index contributed by atoms with van der Waals surface area (Å²) in [6.07, 6.45) is -2.77. The van der Waals surface area contributed by atoms with Crippen LogP contribution in [0.4, 0.5) is 5.69 Å². The van der Waals surface area contributed by atoms with Crippen molar-refractivity contribution in [3.63, 3.8) is 0 Å². The molecule has 1 rings (SSSR count). The number of hydrogen-bond donors (Lipinski definition) is 2. The normalized spacial score (nSPS) is 13.6. The van der Waals surface area contributed by atoms with Crippen LogP contribution in [-0.4, -0.2) is 39.2 Å². The van der Waals surface area contributed by atoms with Gasteiger partial charge in [0.15, 0.2) is 5.12 Å². The van der Waals surface area contributed by atoms with E-state index in [4.69, 9.17) is 4.74 Å². The van der Waals surface area contributed by atoms with E-state index in [0.29, 0.717) is 5.75 Å². The smallest absolute Gasteiger partial charge is 0.275 e. The van der Waals surface area contributed by atoms with Crippen LogP contribution in [0, 0.1) is 10.1 Å². The molecule has 110 valence electrons. The van der Waals surface area contributed by atoms with E-state index in [1.165, 1.54) is 32.2 Å². The molecule has 20 heavy (non-hydrogen) atoms. The van der Waals surface area contributed by atoms with Gasteiger partial charge in [-0.05, 0) is 12.1 Å². The Balaban J connectivity index is 3.02. The minimum Gasteiger partial charge on any atom is -0.497 e. The lowest BCUT2D eigenvalue weighted by Crippen LogP contribution is -2.22. The van der Waals surface area contributed by atoms with Crippen molar-refractivity contribution in [1.82, 2.24) is 0 Å². The Labute approximate surface area is 119 Å². The Morgan fingerprint density at radius 3 is 2.65 bits per heavy atom. The maximum absolute atomic E-state index is 10.9. The molecule has 0 fully saturated rings. The predicted molar refractivity (Wildman–Crippen MR) is 73.8 cm³/mol. The molecule has 0 amide bonds. The zero-order valence-corrected chi connectivity index (χ0v) is 11.8. The van der Waals surface area contributed by atoms with Gasteiger partial charge in [0.1, 0.15) is 11.9 Å². The number of benzene rings is 1. The van der Waals surface area contributed by atoms with E-state index >= 15 is 0 Å². The summed E-state index contributed by atoms with van der Waals surface area (Å²) in [5.41, 5.74) is -0.365. The molecular formula is C12H15NO6S. The molecule has 0 spiro atoms. The number of hydrogen-bond acceptors (Lipinski definition) is 7. The van der Waals surface area contributed by atoms with Gasteiger partial charge in [0.05, 0.1) is 23.7 Å². The molecule has 0 saturated carbocycles. The summed E-state index contributed by atoms with van der Waals surface area (Å²) in [5, 5.41) is 30.5. The summed E-state index contributed by atoms with van der Waals surface area (Å²) in [7, 11) is 1.39. The molecule has 1 aromatic carbocycles. The van der Waals surface area contributed by atoms with Crippen molar-refractivity contribution in [2.24, 2.45) is 0 Å². The van der Waals surface area contributed by atoms with Crippen LogP contribution in [0.2, 0.25) is 0 Å². The monoisotopic (exact) mass is 301 g/mol. The Bertz CT molecular complexity index is 507. The summed E-state index contributed by atoms with van der Waals surface area (Å²) >= 11 is 0.837.